The van der Waals surface area contributed by atoms with Crippen molar-refractivity contribution in [3.63, 3.8) is 0 Å². The fourth-order valence-electron chi connectivity index (χ4n) is 3.07. The Kier molecular flexibility index (Phi) is 6.24. The van der Waals surface area contributed by atoms with Gasteiger partial charge in [0.15, 0.2) is 9.84 Å². The van der Waals surface area contributed by atoms with Crippen molar-refractivity contribution in [3.05, 3.63) is 35.9 Å². The molecule has 0 bridgehead atoms. The number of hydrogen-bond acceptors (Lipinski definition) is 3. The van der Waals surface area contributed by atoms with E-state index in [1.807, 2.05) is 30.3 Å². The Morgan fingerprint density at radius 3 is 2.43 bits per heavy atom. The summed E-state index contributed by atoms with van der Waals surface area (Å²) in [5, 5.41) is 3.28. The van der Waals surface area contributed by atoms with E-state index >= 15 is 0 Å². The van der Waals surface area contributed by atoms with Gasteiger partial charge >= 0.3 is 0 Å². The number of nitrogens with one attached hydrogen (secondary N) is 1. The van der Waals surface area contributed by atoms with Gasteiger partial charge in [-0.2, -0.15) is 0 Å². The van der Waals surface area contributed by atoms with Crippen LogP contribution in [0.4, 0.5) is 0 Å². The highest BCUT2D eigenvalue weighted by Gasteiger charge is 2.30. The minimum Gasteiger partial charge on any atom is -0.309 e. The molecule has 1 aliphatic rings. The molecule has 2 rings (SSSR count). The molecule has 0 radical (unpaired) electrons. The van der Waals surface area contributed by atoms with Gasteiger partial charge in [0, 0.05) is 6.04 Å². The van der Waals surface area contributed by atoms with E-state index in [9.17, 15) is 8.42 Å². The largest absolute Gasteiger partial charge is 0.309 e. The summed E-state index contributed by atoms with van der Waals surface area (Å²) in [6.07, 6.45) is 5.99. The molecule has 1 fully saturated rings. The van der Waals surface area contributed by atoms with Crippen molar-refractivity contribution in [1.82, 2.24) is 5.32 Å². The Hall–Kier alpha value is -0.870. The van der Waals surface area contributed by atoms with Crippen LogP contribution < -0.4 is 5.32 Å². The Balaban J connectivity index is 2.10. The highest BCUT2D eigenvalue weighted by atomic mass is 32.2. The van der Waals surface area contributed by atoms with Crippen molar-refractivity contribution in [1.29, 1.82) is 0 Å². The summed E-state index contributed by atoms with van der Waals surface area (Å²) in [6, 6.07) is 9.87. The highest BCUT2D eigenvalue weighted by molar-refractivity contribution is 7.92. The molecule has 0 saturated heterocycles. The molecule has 0 spiro atoms. The lowest BCUT2D eigenvalue weighted by molar-refractivity contribution is 0.476. The molecule has 4 heteroatoms. The quantitative estimate of drug-likeness (QED) is 0.839. The average Bonchev–Trinajstić information content (AvgIpc) is 2.53. The Morgan fingerprint density at radius 1 is 1.14 bits per heavy atom. The maximum atomic E-state index is 12.7. The van der Waals surface area contributed by atoms with Gasteiger partial charge in [-0.05, 0) is 31.4 Å². The molecule has 118 valence electrons. The van der Waals surface area contributed by atoms with Crippen molar-refractivity contribution in [3.8, 4) is 0 Å². The zero-order valence-electron chi connectivity index (χ0n) is 12.9. The van der Waals surface area contributed by atoms with E-state index in [1.54, 1.807) is 0 Å². The smallest absolute Gasteiger partial charge is 0.155 e. The van der Waals surface area contributed by atoms with Gasteiger partial charge in [-0.1, -0.05) is 56.5 Å². The van der Waals surface area contributed by atoms with E-state index in [-0.39, 0.29) is 17.0 Å². The minimum absolute atomic E-state index is 0.0851. The molecule has 1 N–H and O–H groups in total. The first kappa shape index (κ1) is 16.5. The van der Waals surface area contributed by atoms with Crippen molar-refractivity contribution in [2.24, 2.45) is 0 Å². The van der Waals surface area contributed by atoms with Gasteiger partial charge in [-0.15, -0.1) is 0 Å². The molecule has 0 aromatic heterocycles. The summed E-state index contributed by atoms with van der Waals surface area (Å²) in [7, 11) is -3.02. The number of rotatable bonds is 7. The predicted octanol–water partition coefficient (Wildman–Crippen LogP) is 3.47. The zero-order chi connectivity index (χ0) is 15.1. The second-order valence-electron chi connectivity index (χ2n) is 6.01. The molecule has 1 aromatic rings. The van der Waals surface area contributed by atoms with E-state index in [0.29, 0.717) is 0 Å². The van der Waals surface area contributed by atoms with Crippen LogP contribution in [0.1, 0.15) is 57.1 Å². The van der Waals surface area contributed by atoms with Crippen LogP contribution in [0, 0.1) is 0 Å². The van der Waals surface area contributed by atoms with Crippen LogP contribution in [-0.2, 0) is 9.84 Å². The molecule has 1 aliphatic carbocycles. The van der Waals surface area contributed by atoms with Crippen molar-refractivity contribution in [2.75, 3.05) is 12.3 Å². The summed E-state index contributed by atoms with van der Waals surface area (Å²) in [5.74, 6) is 0.224. The lowest BCUT2D eigenvalue weighted by Gasteiger charge is -2.25. The minimum atomic E-state index is -3.02. The predicted molar refractivity (Wildman–Crippen MR) is 88.1 cm³/mol. The maximum Gasteiger partial charge on any atom is 0.155 e. The molecule has 1 saturated carbocycles. The molecule has 21 heavy (non-hydrogen) atoms. The van der Waals surface area contributed by atoms with Crippen LogP contribution >= 0.6 is 0 Å². The van der Waals surface area contributed by atoms with Crippen LogP contribution in [0.3, 0.4) is 0 Å². The lowest BCUT2D eigenvalue weighted by atomic mass is 10.0. The first-order valence-electron chi connectivity index (χ1n) is 8.13. The second-order valence-corrected chi connectivity index (χ2v) is 8.33. The summed E-state index contributed by atoms with van der Waals surface area (Å²) in [6.45, 7) is 2.95. The van der Waals surface area contributed by atoms with Crippen molar-refractivity contribution < 1.29 is 8.42 Å². The fourth-order valence-corrected chi connectivity index (χ4v) is 5.17. The average molecular weight is 309 g/mol. The van der Waals surface area contributed by atoms with Crippen LogP contribution in [-0.4, -0.2) is 26.0 Å². The van der Waals surface area contributed by atoms with E-state index in [1.165, 1.54) is 6.42 Å². The third kappa shape index (κ3) is 4.82. The number of benzene rings is 1. The Bertz CT molecular complexity index is 507. The summed E-state index contributed by atoms with van der Waals surface area (Å²) in [4.78, 5) is 0. The van der Waals surface area contributed by atoms with E-state index in [0.717, 1.165) is 44.2 Å². The molecule has 1 unspecified atom stereocenters. The van der Waals surface area contributed by atoms with Gasteiger partial charge in [0.2, 0.25) is 0 Å². The van der Waals surface area contributed by atoms with Crippen LogP contribution in [0.5, 0.6) is 0 Å². The Labute approximate surface area is 129 Å². The third-order valence-corrected chi connectivity index (χ3v) is 6.59. The first-order valence-corrected chi connectivity index (χ1v) is 9.85. The summed E-state index contributed by atoms with van der Waals surface area (Å²) in [5.41, 5.74) is 1.07. The van der Waals surface area contributed by atoms with Crippen LogP contribution in [0.15, 0.2) is 30.3 Å². The van der Waals surface area contributed by atoms with Gasteiger partial charge in [0.25, 0.3) is 0 Å². The highest BCUT2D eigenvalue weighted by Crippen LogP contribution is 2.27. The van der Waals surface area contributed by atoms with Gasteiger partial charge < -0.3 is 5.32 Å². The molecule has 1 atom stereocenters. The van der Waals surface area contributed by atoms with Gasteiger partial charge in [0.1, 0.15) is 0 Å². The van der Waals surface area contributed by atoms with E-state index in [2.05, 4.69) is 12.2 Å². The van der Waals surface area contributed by atoms with Gasteiger partial charge in [-0.3, -0.25) is 0 Å². The fraction of sp³-hybridized carbons (Fsp3) is 0.647. The molecular formula is C17H27NO2S. The molecule has 0 heterocycles. The van der Waals surface area contributed by atoms with Crippen molar-refractivity contribution in [2.45, 2.75) is 56.7 Å². The molecular weight excluding hydrogens is 282 g/mol. The zero-order valence-corrected chi connectivity index (χ0v) is 13.7. The molecule has 3 nitrogen and oxygen atoms in total. The second kappa shape index (κ2) is 7.95. The monoisotopic (exact) mass is 309 g/mol. The van der Waals surface area contributed by atoms with Crippen molar-refractivity contribution >= 4 is 9.84 Å². The van der Waals surface area contributed by atoms with Gasteiger partial charge in [0.05, 0.1) is 11.0 Å². The van der Waals surface area contributed by atoms with Crippen LogP contribution in [0.25, 0.3) is 0 Å². The molecule has 0 aliphatic heterocycles. The normalized spacial score (nSPS) is 18.5. The number of sulfone groups is 1. The maximum absolute atomic E-state index is 12.7. The summed E-state index contributed by atoms with van der Waals surface area (Å²) >= 11 is 0. The standard InChI is InChI=1S/C17H27NO2S/c1-2-13-18-17(15-9-5-3-6-10-15)14-21(19,20)16-11-7-4-8-12-16/h3,5-6,9-10,16-18H,2,4,7-8,11-14H2,1H3. The van der Waals surface area contributed by atoms with Gasteiger partial charge in [-0.25, -0.2) is 8.42 Å². The molecule has 1 aromatic carbocycles. The Morgan fingerprint density at radius 2 is 1.81 bits per heavy atom. The summed E-state index contributed by atoms with van der Waals surface area (Å²) < 4.78 is 25.4. The lowest BCUT2D eigenvalue weighted by Crippen LogP contribution is -2.34. The first-order chi connectivity index (χ1) is 10.1. The number of hydrogen-bond donors (Lipinski definition) is 1. The molecule has 0 amide bonds. The SMILES string of the molecule is CCCNC(CS(=O)(=O)C1CCCCC1)c1ccccc1. The topological polar surface area (TPSA) is 46.2 Å². The van der Waals surface area contributed by atoms with Crippen LogP contribution in [0.2, 0.25) is 0 Å². The third-order valence-electron chi connectivity index (χ3n) is 4.30. The van der Waals surface area contributed by atoms with E-state index in [4.69, 9.17) is 0 Å². The van der Waals surface area contributed by atoms with E-state index < -0.39 is 9.84 Å².